The van der Waals surface area contributed by atoms with Gasteiger partial charge in [0.2, 0.25) is 0 Å². The number of nitrogens with zero attached hydrogens (tertiary/aromatic N) is 4. The Morgan fingerprint density at radius 1 is 0.731 bits per heavy atom. The van der Waals surface area contributed by atoms with Gasteiger partial charge in [-0.3, -0.25) is 0 Å². The first kappa shape index (κ1) is 19.3. The first-order valence-electron chi connectivity index (χ1n) is 7.30. The summed E-state index contributed by atoms with van der Waals surface area (Å²) in [6.07, 6.45) is 0. The van der Waals surface area contributed by atoms with E-state index in [4.69, 9.17) is 23.2 Å². The maximum absolute atomic E-state index is 9.54. The topological polar surface area (TPSA) is 113 Å². The van der Waals surface area contributed by atoms with Crippen molar-refractivity contribution in [1.29, 1.82) is 10.5 Å². The Morgan fingerprint density at radius 3 is 1.27 bits per heavy atom. The Hall–Kier alpha value is -3.06. The van der Waals surface area contributed by atoms with E-state index in [2.05, 4.69) is 10.3 Å². The van der Waals surface area contributed by atoms with E-state index in [1.807, 2.05) is 12.1 Å². The van der Waals surface area contributed by atoms with Crippen LogP contribution in [0.1, 0.15) is 23.0 Å². The van der Waals surface area contributed by atoms with Crippen LogP contribution in [-0.2, 0) is 0 Å². The van der Waals surface area contributed by atoms with Crippen LogP contribution in [0.2, 0.25) is 10.0 Å². The van der Waals surface area contributed by atoms with Gasteiger partial charge in [-0.15, -0.1) is 0 Å². The van der Waals surface area contributed by atoms with Gasteiger partial charge in [-0.05, 0) is 35.4 Å². The minimum absolute atomic E-state index is 0.237. The zero-order valence-electron chi connectivity index (χ0n) is 13.2. The van der Waals surface area contributed by atoms with E-state index >= 15 is 0 Å². The molecule has 0 heterocycles. The lowest BCUT2D eigenvalue weighted by atomic mass is 9.85. The van der Waals surface area contributed by atoms with Crippen LogP contribution in [0.5, 0.6) is 0 Å². The van der Waals surface area contributed by atoms with E-state index < -0.39 is 11.8 Å². The molecule has 0 aliphatic rings. The van der Waals surface area contributed by atoms with Gasteiger partial charge >= 0.3 is 0 Å². The molecule has 2 aromatic rings. The lowest BCUT2D eigenvalue weighted by Crippen LogP contribution is -2.27. The number of halogens is 2. The maximum atomic E-state index is 9.54. The van der Waals surface area contributed by atoms with E-state index in [9.17, 15) is 20.9 Å². The minimum Gasteiger partial charge on any atom is -0.411 e. The van der Waals surface area contributed by atoms with Crippen molar-refractivity contribution < 1.29 is 10.4 Å². The predicted octanol–water partition coefficient (Wildman–Crippen LogP) is 4.57. The van der Waals surface area contributed by atoms with Crippen LogP contribution in [-0.4, -0.2) is 21.8 Å². The standard InChI is InChI=1S/C18H12Cl2N4O2/c19-13-5-1-11(2-6-13)15(9-21)17(23-25)18(24-26)16(10-22)12-3-7-14(20)8-4-12/h1-8,15-16,25-26H/b23-17-,24-18+. The molecule has 0 radical (unpaired) electrons. The van der Waals surface area contributed by atoms with Crippen LogP contribution >= 0.6 is 23.2 Å². The van der Waals surface area contributed by atoms with Crippen molar-refractivity contribution in [3.8, 4) is 12.1 Å². The third-order valence-electron chi connectivity index (χ3n) is 3.69. The van der Waals surface area contributed by atoms with Gasteiger partial charge in [-0.2, -0.15) is 10.5 Å². The maximum Gasteiger partial charge on any atom is 0.128 e. The third-order valence-corrected chi connectivity index (χ3v) is 4.19. The summed E-state index contributed by atoms with van der Waals surface area (Å²) in [4.78, 5) is 0. The molecule has 130 valence electrons. The Labute approximate surface area is 159 Å². The van der Waals surface area contributed by atoms with Crippen LogP contribution in [0.3, 0.4) is 0 Å². The molecule has 0 saturated carbocycles. The average molecular weight is 387 g/mol. The predicted molar refractivity (Wildman–Crippen MR) is 98.1 cm³/mol. The Morgan fingerprint density at radius 2 is 1.04 bits per heavy atom. The second-order valence-corrected chi connectivity index (χ2v) is 6.07. The molecule has 0 spiro atoms. The molecule has 0 amide bonds. The smallest absolute Gasteiger partial charge is 0.128 e. The lowest BCUT2D eigenvalue weighted by molar-refractivity contribution is 0.312. The van der Waals surface area contributed by atoms with Crippen LogP contribution in [0.15, 0.2) is 58.8 Å². The van der Waals surface area contributed by atoms with Crippen LogP contribution in [0, 0.1) is 22.7 Å². The summed E-state index contributed by atoms with van der Waals surface area (Å²) in [6, 6.07) is 16.6. The summed E-state index contributed by atoms with van der Waals surface area (Å²) in [5.41, 5.74) is 0.468. The first-order chi connectivity index (χ1) is 12.5. The molecule has 2 atom stereocenters. The second-order valence-electron chi connectivity index (χ2n) is 5.20. The second kappa shape index (κ2) is 8.87. The Kier molecular flexibility index (Phi) is 6.57. The highest BCUT2D eigenvalue weighted by atomic mass is 35.5. The van der Waals surface area contributed by atoms with Crippen molar-refractivity contribution >= 4 is 34.6 Å². The molecule has 0 aromatic heterocycles. The fourth-order valence-electron chi connectivity index (χ4n) is 2.41. The van der Waals surface area contributed by atoms with Crippen molar-refractivity contribution in [3.05, 3.63) is 69.7 Å². The summed E-state index contributed by atoms with van der Waals surface area (Å²) in [7, 11) is 0. The molecule has 0 aliphatic heterocycles. The monoisotopic (exact) mass is 386 g/mol. The molecule has 8 heteroatoms. The molecule has 0 bridgehead atoms. The summed E-state index contributed by atoms with van der Waals surface area (Å²) in [5.74, 6) is -2.13. The zero-order valence-corrected chi connectivity index (χ0v) is 14.7. The zero-order chi connectivity index (χ0) is 19.1. The first-order valence-corrected chi connectivity index (χ1v) is 8.05. The van der Waals surface area contributed by atoms with E-state index in [1.54, 1.807) is 48.5 Å². The molecule has 6 nitrogen and oxygen atoms in total. The third kappa shape index (κ3) is 4.12. The minimum atomic E-state index is -1.06. The molecule has 2 N–H and O–H groups in total. The number of oxime groups is 2. The van der Waals surface area contributed by atoms with Crippen LogP contribution < -0.4 is 0 Å². The van der Waals surface area contributed by atoms with Crippen molar-refractivity contribution in [2.45, 2.75) is 11.8 Å². The number of benzene rings is 2. The van der Waals surface area contributed by atoms with Gasteiger partial charge in [-0.25, -0.2) is 0 Å². The van der Waals surface area contributed by atoms with Gasteiger partial charge in [-0.1, -0.05) is 57.8 Å². The Balaban J connectivity index is 2.48. The average Bonchev–Trinajstić information content (AvgIpc) is 2.66. The number of hydrogen-bond donors (Lipinski definition) is 2. The number of rotatable bonds is 5. The van der Waals surface area contributed by atoms with E-state index in [0.29, 0.717) is 21.2 Å². The molecule has 2 rings (SSSR count). The van der Waals surface area contributed by atoms with Crippen molar-refractivity contribution in [3.63, 3.8) is 0 Å². The summed E-state index contributed by atoms with van der Waals surface area (Å²) in [5, 5.41) is 45.2. The van der Waals surface area contributed by atoms with Crippen LogP contribution in [0.4, 0.5) is 0 Å². The van der Waals surface area contributed by atoms with Gasteiger partial charge in [0.05, 0.1) is 12.1 Å². The molecule has 26 heavy (non-hydrogen) atoms. The highest BCUT2D eigenvalue weighted by Crippen LogP contribution is 2.26. The molecule has 0 saturated heterocycles. The number of nitriles is 2. The quantitative estimate of drug-likeness (QED) is 0.445. The molecule has 2 unspecified atom stereocenters. The highest BCUT2D eigenvalue weighted by Gasteiger charge is 2.31. The molecular formula is C18H12Cl2N4O2. The van der Waals surface area contributed by atoms with Gasteiger partial charge in [0, 0.05) is 10.0 Å². The molecule has 0 aliphatic carbocycles. The van der Waals surface area contributed by atoms with Gasteiger partial charge in [0.15, 0.2) is 0 Å². The Bertz CT molecular complexity index is 833. The van der Waals surface area contributed by atoms with E-state index in [1.165, 1.54) is 0 Å². The SMILES string of the molecule is N#CC(C(=N/O)/C(=N/O)C(C#N)c1ccc(Cl)cc1)c1ccc(Cl)cc1. The largest absolute Gasteiger partial charge is 0.411 e. The summed E-state index contributed by atoms with van der Waals surface area (Å²) >= 11 is 11.7. The molecule has 0 fully saturated rings. The number of hydrogen-bond acceptors (Lipinski definition) is 6. The fourth-order valence-corrected chi connectivity index (χ4v) is 2.66. The van der Waals surface area contributed by atoms with Crippen molar-refractivity contribution in [2.24, 2.45) is 10.3 Å². The van der Waals surface area contributed by atoms with E-state index in [0.717, 1.165) is 0 Å². The van der Waals surface area contributed by atoms with Gasteiger partial charge in [0.1, 0.15) is 23.3 Å². The normalized spacial score (nSPS) is 14.2. The molecular weight excluding hydrogens is 375 g/mol. The van der Waals surface area contributed by atoms with Crippen molar-refractivity contribution in [2.75, 3.05) is 0 Å². The van der Waals surface area contributed by atoms with Crippen molar-refractivity contribution in [1.82, 2.24) is 0 Å². The van der Waals surface area contributed by atoms with E-state index in [-0.39, 0.29) is 11.4 Å². The summed E-state index contributed by atoms with van der Waals surface area (Å²) < 4.78 is 0. The van der Waals surface area contributed by atoms with Gasteiger partial charge < -0.3 is 10.4 Å². The van der Waals surface area contributed by atoms with Gasteiger partial charge in [0.25, 0.3) is 0 Å². The highest BCUT2D eigenvalue weighted by molar-refractivity contribution is 6.47. The molecule has 2 aromatic carbocycles. The lowest BCUT2D eigenvalue weighted by Gasteiger charge is -2.16. The summed E-state index contributed by atoms with van der Waals surface area (Å²) in [6.45, 7) is 0. The van der Waals surface area contributed by atoms with Crippen LogP contribution in [0.25, 0.3) is 0 Å². The fraction of sp³-hybridized carbons (Fsp3) is 0.111.